The van der Waals surface area contributed by atoms with Gasteiger partial charge in [0.25, 0.3) is 0 Å². The summed E-state index contributed by atoms with van der Waals surface area (Å²) in [5.41, 5.74) is 2.40. The van der Waals surface area contributed by atoms with Gasteiger partial charge in [0, 0.05) is 19.7 Å². The third-order valence-electron chi connectivity index (χ3n) is 4.98. The van der Waals surface area contributed by atoms with Gasteiger partial charge in [-0.3, -0.25) is 0 Å². The van der Waals surface area contributed by atoms with E-state index in [-0.39, 0.29) is 13.1 Å². The number of ether oxygens (including phenoxy) is 2. The molecule has 166 valence electrons. The number of nitrogens with two attached hydrogens (primary N) is 1. The Kier molecular flexibility index (Phi) is 7.02. The summed E-state index contributed by atoms with van der Waals surface area (Å²) < 4.78 is 52.0. The van der Waals surface area contributed by atoms with Crippen LogP contribution in [0.4, 0.5) is 18.0 Å². The van der Waals surface area contributed by atoms with Gasteiger partial charge in [-0.1, -0.05) is 5.16 Å². The molecule has 0 saturated carbocycles. The van der Waals surface area contributed by atoms with Crippen LogP contribution >= 0.6 is 0 Å². The van der Waals surface area contributed by atoms with E-state index in [0.717, 1.165) is 12.8 Å². The third kappa shape index (κ3) is 5.74. The molecule has 2 saturated heterocycles. The van der Waals surface area contributed by atoms with Crippen molar-refractivity contribution in [2.45, 2.75) is 70.8 Å². The lowest BCUT2D eigenvalue weighted by Gasteiger charge is -2.41. The topological polar surface area (TPSA) is 103 Å². The highest BCUT2D eigenvalue weighted by atomic mass is 19.4. The molecule has 0 aromatic rings. The van der Waals surface area contributed by atoms with Gasteiger partial charge in [-0.2, -0.15) is 13.2 Å². The largest absolute Gasteiger partial charge is 0.444 e. The Labute approximate surface area is 167 Å². The summed E-state index contributed by atoms with van der Waals surface area (Å²) in [4.78, 5) is 29.9. The first-order valence-electron chi connectivity index (χ1n) is 9.57. The molecule has 1 atom stereocenters. The van der Waals surface area contributed by atoms with E-state index in [1.54, 1.807) is 20.8 Å². The molecule has 0 spiro atoms. The summed E-state index contributed by atoms with van der Waals surface area (Å²) in [6.07, 6.45) is -5.31. The highest BCUT2D eigenvalue weighted by Gasteiger charge is 2.59. The number of nitrogens with zero attached hydrogens (tertiary/aromatic N) is 2. The Morgan fingerprint density at radius 2 is 1.79 bits per heavy atom. The van der Waals surface area contributed by atoms with Crippen LogP contribution in [0.5, 0.6) is 0 Å². The summed E-state index contributed by atoms with van der Waals surface area (Å²) >= 11 is 0. The molecule has 2 fully saturated rings. The van der Waals surface area contributed by atoms with E-state index in [2.05, 4.69) is 9.99 Å². The number of carbonyl (C=O) groups is 2. The number of alkyl halides is 3. The average Bonchev–Trinajstić information content (AvgIpc) is 2.64. The van der Waals surface area contributed by atoms with Gasteiger partial charge in [0.2, 0.25) is 0 Å². The lowest BCUT2D eigenvalue weighted by Crippen LogP contribution is -2.56. The first-order valence-corrected chi connectivity index (χ1v) is 9.57. The summed E-state index contributed by atoms with van der Waals surface area (Å²) in [5.74, 6) is -1.70. The maximum absolute atomic E-state index is 13.9. The number of halogens is 3. The van der Waals surface area contributed by atoms with Gasteiger partial charge in [-0.05, 0) is 52.9 Å². The molecule has 29 heavy (non-hydrogen) atoms. The molecule has 0 aromatic heterocycles. The van der Waals surface area contributed by atoms with Crippen LogP contribution in [-0.2, 0) is 19.1 Å². The Morgan fingerprint density at radius 1 is 1.17 bits per heavy atom. The van der Waals surface area contributed by atoms with E-state index >= 15 is 0 Å². The van der Waals surface area contributed by atoms with Crippen LogP contribution in [-0.4, -0.2) is 60.4 Å². The monoisotopic (exact) mass is 423 g/mol. The quantitative estimate of drug-likeness (QED) is 0.324. The van der Waals surface area contributed by atoms with E-state index in [1.165, 1.54) is 4.90 Å². The second-order valence-electron chi connectivity index (χ2n) is 8.29. The molecule has 2 N–H and O–H groups in total. The lowest BCUT2D eigenvalue weighted by molar-refractivity contribution is -0.210. The fourth-order valence-corrected chi connectivity index (χ4v) is 3.25. The normalized spacial score (nSPS) is 23.4. The van der Waals surface area contributed by atoms with Crippen molar-refractivity contribution in [3.05, 3.63) is 0 Å². The van der Waals surface area contributed by atoms with Crippen LogP contribution in [0.15, 0.2) is 5.16 Å². The molecule has 0 radical (unpaired) electrons. The minimum atomic E-state index is -4.73. The number of amidine groups is 1. The SMILES string of the molecule is CC(C)(C)OC(=O)N1CCC(/C(N)=N/OC(=O)C2CCCCO2)(C(F)(F)F)CC1. The van der Waals surface area contributed by atoms with E-state index < -0.39 is 54.0 Å². The predicted octanol–water partition coefficient (Wildman–Crippen LogP) is 2.95. The molecule has 11 heteroatoms. The van der Waals surface area contributed by atoms with Crippen LogP contribution in [0.1, 0.15) is 52.9 Å². The number of oxime groups is 1. The molecule has 0 aromatic carbocycles. The Bertz CT molecular complexity index is 632. The van der Waals surface area contributed by atoms with Crippen molar-refractivity contribution in [3.63, 3.8) is 0 Å². The predicted molar refractivity (Wildman–Crippen MR) is 96.8 cm³/mol. The number of likely N-dealkylation sites (tertiary alicyclic amines) is 1. The van der Waals surface area contributed by atoms with Crippen LogP contribution in [0.3, 0.4) is 0 Å². The Morgan fingerprint density at radius 3 is 2.28 bits per heavy atom. The number of carbonyl (C=O) groups excluding carboxylic acids is 2. The van der Waals surface area contributed by atoms with Crippen molar-refractivity contribution in [1.82, 2.24) is 4.90 Å². The van der Waals surface area contributed by atoms with E-state index in [0.29, 0.717) is 13.0 Å². The van der Waals surface area contributed by atoms with Crippen LogP contribution in [0.25, 0.3) is 0 Å². The van der Waals surface area contributed by atoms with E-state index in [1.807, 2.05) is 0 Å². The fraction of sp³-hybridized carbons (Fsp3) is 0.833. The average molecular weight is 423 g/mol. The van der Waals surface area contributed by atoms with Crippen LogP contribution < -0.4 is 5.73 Å². The Hall–Kier alpha value is -2.04. The van der Waals surface area contributed by atoms with Crippen LogP contribution in [0.2, 0.25) is 0 Å². The molecular weight excluding hydrogens is 395 g/mol. The van der Waals surface area contributed by atoms with E-state index in [4.69, 9.17) is 15.2 Å². The molecule has 2 rings (SSSR count). The minimum absolute atomic E-state index is 0.218. The summed E-state index contributed by atoms with van der Waals surface area (Å²) in [6.45, 7) is 4.96. The maximum Gasteiger partial charge on any atom is 0.410 e. The molecule has 2 aliphatic heterocycles. The second-order valence-corrected chi connectivity index (χ2v) is 8.29. The molecule has 2 aliphatic rings. The van der Waals surface area contributed by atoms with Crippen molar-refractivity contribution in [2.75, 3.05) is 19.7 Å². The highest BCUT2D eigenvalue weighted by Crippen LogP contribution is 2.46. The standard InChI is InChI=1S/C18H28F3N3O5/c1-16(2,3)28-15(26)24-9-7-17(8-10-24,18(19,20)21)14(22)23-29-13(25)12-6-4-5-11-27-12/h12H,4-11H2,1-3H3,(H2,22,23). The van der Waals surface area contributed by atoms with Gasteiger partial charge in [-0.25, -0.2) is 9.59 Å². The zero-order valence-electron chi connectivity index (χ0n) is 16.9. The fourth-order valence-electron chi connectivity index (χ4n) is 3.25. The molecule has 0 aliphatic carbocycles. The summed E-state index contributed by atoms with van der Waals surface area (Å²) in [6, 6.07) is 0. The highest BCUT2D eigenvalue weighted by molar-refractivity contribution is 5.88. The molecular formula is C18H28F3N3O5. The number of piperidine rings is 1. The third-order valence-corrected chi connectivity index (χ3v) is 4.98. The number of hydrogen-bond acceptors (Lipinski definition) is 6. The minimum Gasteiger partial charge on any atom is -0.444 e. The van der Waals surface area contributed by atoms with Crippen LogP contribution in [0, 0.1) is 5.41 Å². The molecule has 1 amide bonds. The Balaban J connectivity index is 2.07. The van der Waals surface area contributed by atoms with Gasteiger partial charge in [0.05, 0.1) is 0 Å². The van der Waals surface area contributed by atoms with Gasteiger partial charge < -0.3 is 24.9 Å². The van der Waals surface area contributed by atoms with Crippen molar-refractivity contribution in [2.24, 2.45) is 16.3 Å². The second kappa shape index (κ2) is 8.76. The molecule has 0 bridgehead atoms. The van der Waals surface area contributed by atoms with Gasteiger partial charge in [0.15, 0.2) is 11.9 Å². The van der Waals surface area contributed by atoms with Gasteiger partial charge >= 0.3 is 18.2 Å². The number of rotatable bonds is 3. The molecule has 2 heterocycles. The van der Waals surface area contributed by atoms with E-state index in [9.17, 15) is 22.8 Å². The molecule has 8 nitrogen and oxygen atoms in total. The van der Waals surface area contributed by atoms with Crippen molar-refractivity contribution >= 4 is 17.9 Å². The van der Waals surface area contributed by atoms with Crippen molar-refractivity contribution < 1.29 is 37.1 Å². The zero-order valence-corrected chi connectivity index (χ0v) is 16.9. The number of amides is 1. The maximum atomic E-state index is 13.9. The smallest absolute Gasteiger partial charge is 0.410 e. The molecule has 1 unspecified atom stereocenters. The summed E-state index contributed by atoms with van der Waals surface area (Å²) in [7, 11) is 0. The zero-order chi connectivity index (χ0) is 21.9. The van der Waals surface area contributed by atoms with Crippen molar-refractivity contribution in [1.29, 1.82) is 0 Å². The number of hydrogen-bond donors (Lipinski definition) is 1. The first kappa shape index (κ1) is 23.2. The summed E-state index contributed by atoms with van der Waals surface area (Å²) in [5, 5.41) is 3.30. The first-order chi connectivity index (χ1) is 13.4. The van der Waals surface area contributed by atoms with Gasteiger partial charge in [0.1, 0.15) is 11.0 Å². The lowest BCUT2D eigenvalue weighted by atomic mass is 9.76. The van der Waals surface area contributed by atoms with Gasteiger partial charge in [-0.15, -0.1) is 0 Å². The van der Waals surface area contributed by atoms with Crippen molar-refractivity contribution in [3.8, 4) is 0 Å².